The van der Waals surface area contributed by atoms with Crippen LogP contribution in [0.3, 0.4) is 0 Å². The first kappa shape index (κ1) is 9.72. The first-order valence-corrected chi connectivity index (χ1v) is 6.11. The molecule has 1 aromatic heterocycles. The number of fused-ring (bicyclic) bond motifs is 1. The number of aromatic nitrogens is 2. The molecule has 2 heterocycles. The standard InChI is InChI=1S/C11H10FN3S/c12-7-1-3-8(4-2-7)15-10-6-16-5-9(10)11(13)14-15/h1-4H,5-6H2,(H2,13,14). The lowest BCUT2D eigenvalue weighted by Gasteiger charge is -2.04. The SMILES string of the molecule is Nc1nn(-c2ccc(F)cc2)c2c1CSC2. The van der Waals surface area contributed by atoms with Gasteiger partial charge in [-0.2, -0.15) is 16.9 Å². The Morgan fingerprint density at radius 3 is 2.75 bits per heavy atom. The largest absolute Gasteiger partial charge is 0.382 e. The van der Waals surface area contributed by atoms with Crippen LogP contribution in [0.5, 0.6) is 0 Å². The van der Waals surface area contributed by atoms with Gasteiger partial charge in [0.15, 0.2) is 0 Å². The van der Waals surface area contributed by atoms with Gasteiger partial charge in [0.2, 0.25) is 0 Å². The number of anilines is 1. The Balaban J connectivity index is 2.13. The first-order valence-electron chi connectivity index (χ1n) is 4.95. The molecule has 2 aromatic rings. The minimum atomic E-state index is -0.241. The highest BCUT2D eigenvalue weighted by atomic mass is 32.2. The van der Waals surface area contributed by atoms with Crippen molar-refractivity contribution in [3.63, 3.8) is 0 Å². The summed E-state index contributed by atoms with van der Waals surface area (Å²) in [5.74, 6) is 2.18. The molecule has 0 radical (unpaired) electrons. The first-order chi connectivity index (χ1) is 7.75. The molecule has 0 fully saturated rings. The average molecular weight is 235 g/mol. The summed E-state index contributed by atoms with van der Waals surface area (Å²) in [7, 11) is 0. The molecule has 0 unspecified atom stereocenters. The van der Waals surface area contributed by atoms with E-state index in [-0.39, 0.29) is 5.82 Å². The van der Waals surface area contributed by atoms with E-state index in [4.69, 9.17) is 5.73 Å². The van der Waals surface area contributed by atoms with Gasteiger partial charge in [-0.25, -0.2) is 9.07 Å². The summed E-state index contributed by atoms with van der Waals surface area (Å²) in [6.07, 6.45) is 0. The van der Waals surface area contributed by atoms with Gasteiger partial charge in [0.1, 0.15) is 11.6 Å². The molecule has 0 spiro atoms. The smallest absolute Gasteiger partial charge is 0.150 e. The normalized spacial score (nSPS) is 14.1. The van der Waals surface area contributed by atoms with Crippen LogP contribution >= 0.6 is 11.8 Å². The molecule has 1 aliphatic heterocycles. The van der Waals surface area contributed by atoms with Crippen molar-refractivity contribution in [2.45, 2.75) is 11.5 Å². The van der Waals surface area contributed by atoms with E-state index in [1.54, 1.807) is 12.1 Å². The number of nitrogens with two attached hydrogens (primary N) is 1. The molecule has 16 heavy (non-hydrogen) atoms. The van der Waals surface area contributed by atoms with Crippen LogP contribution in [0.15, 0.2) is 24.3 Å². The lowest BCUT2D eigenvalue weighted by atomic mass is 10.2. The molecule has 0 aliphatic carbocycles. The molecule has 82 valence electrons. The zero-order valence-electron chi connectivity index (χ0n) is 8.48. The molecule has 0 saturated heterocycles. The highest BCUT2D eigenvalue weighted by Crippen LogP contribution is 2.34. The minimum absolute atomic E-state index is 0.241. The number of halogens is 1. The summed E-state index contributed by atoms with van der Waals surface area (Å²) in [5, 5.41) is 4.29. The zero-order valence-corrected chi connectivity index (χ0v) is 9.30. The Bertz CT molecular complexity index is 533. The average Bonchev–Trinajstić information content (AvgIpc) is 2.84. The molecular weight excluding hydrogens is 225 g/mol. The Kier molecular flexibility index (Phi) is 2.14. The number of thioether (sulfide) groups is 1. The van der Waals surface area contributed by atoms with E-state index in [0.29, 0.717) is 5.82 Å². The minimum Gasteiger partial charge on any atom is -0.382 e. The second-order valence-electron chi connectivity index (χ2n) is 3.69. The van der Waals surface area contributed by atoms with E-state index < -0.39 is 0 Å². The highest BCUT2D eigenvalue weighted by molar-refractivity contribution is 7.98. The number of rotatable bonds is 1. The lowest BCUT2D eigenvalue weighted by Crippen LogP contribution is -2.01. The molecule has 0 atom stereocenters. The third kappa shape index (κ3) is 1.39. The Hall–Kier alpha value is -1.49. The van der Waals surface area contributed by atoms with Gasteiger partial charge >= 0.3 is 0 Å². The van der Waals surface area contributed by atoms with E-state index >= 15 is 0 Å². The van der Waals surface area contributed by atoms with Crippen LogP contribution in [0, 0.1) is 5.82 Å². The summed E-state index contributed by atoms with van der Waals surface area (Å²) in [6.45, 7) is 0. The molecule has 2 N–H and O–H groups in total. The molecule has 3 nitrogen and oxygen atoms in total. The van der Waals surface area contributed by atoms with Crippen LogP contribution in [0.4, 0.5) is 10.2 Å². The summed E-state index contributed by atoms with van der Waals surface area (Å²) in [5.41, 5.74) is 8.95. The van der Waals surface area contributed by atoms with Crippen molar-refractivity contribution in [3.05, 3.63) is 41.3 Å². The van der Waals surface area contributed by atoms with Crippen molar-refractivity contribution in [1.29, 1.82) is 0 Å². The molecule has 0 bridgehead atoms. The van der Waals surface area contributed by atoms with E-state index in [1.165, 1.54) is 12.1 Å². The van der Waals surface area contributed by atoms with E-state index in [2.05, 4.69) is 5.10 Å². The maximum atomic E-state index is 12.8. The van der Waals surface area contributed by atoms with Crippen molar-refractivity contribution >= 4 is 17.6 Å². The van der Waals surface area contributed by atoms with Crippen molar-refractivity contribution in [2.75, 3.05) is 5.73 Å². The fraction of sp³-hybridized carbons (Fsp3) is 0.182. The van der Waals surface area contributed by atoms with Crippen LogP contribution in [0.2, 0.25) is 0 Å². The maximum Gasteiger partial charge on any atom is 0.150 e. The van der Waals surface area contributed by atoms with Crippen molar-refractivity contribution in [3.8, 4) is 5.69 Å². The van der Waals surface area contributed by atoms with E-state index in [0.717, 1.165) is 28.5 Å². The summed E-state index contributed by atoms with van der Waals surface area (Å²) >= 11 is 1.82. The number of nitrogen functional groups attached to an aromatic ring is 1. The second-order valence-corrected chi connectivity index (χ2v) is 4.68. The number of hydrogen-bond donors (Lipinski definition) is 1. The van der Waals surface area contributed by atoms with Crippen molar-refractivity contribution < 1.29 is 4.39 Å². The van der Waals surface area contributed by atoms with Gasteiger partial charge in [0.25, 0.3) is 0 Å². The fourth-order valence-corrected chi connectivity index (χ4v) is 2.97. The summed E-state index contributed by atoms with van der Waals surface area (Å²) < 4.78 is 14.6. The molecule has 0 saturated carbocycles. The molecule has 3 rings (SSSR count). The Morgan fingerprint density at radius 2 is 2.00 bits per heavy atom. The summed E-state index contributed by atoms with van der Waals surface area (Å²) in [6, 6.07) is 6.29. The van der Waals surface area contributed by atoms with E-state index in [9.17, 15) is 4.39 Å². The van der Waals surface area contributed by atoms with Gasteiger partial charge in [-0.3, -0.25) is 0 Å². The predicted molar refractivity (Wildman–Crippen MR) is 62.9 cm³/mol. The van der Waals surface area contributed by atoms with Crippen LogP contribution in [0.25, 0.3) is 5.69 Å². The van der Waals surface area contributed by atoms with Gasteiger partial charge in [0.05, 0.1) is 11.4 Å². The van der Waals surface area contributed by atoms with Gasteiger partial charge in [-0.05, 0) is 24.3 Å². The van der Waals surface area contributed by atoms with Crippen LogP contribution in [-0.2, 0) is 11.5 Å². The topological polar surface area (TPSA) is 43.8 Å². The second kappa shape index (κ2) is 3.52. The van der Waals surface area contributed by atoms with Crippen LogP contribution in [0.1, 0.15) is 11.3 Å². The van der Waals surface area contributed by atoms with Gasteiger partial charge in [0, 0.05) is 17.1 Å². The third-order valence-corrected chi connectivity index (χ3v) is 3.65. The van der Waals surface area contributed by atoms with Gasteiger partial charge in [-0.15, -0.1) is 0 Å². The van der Waals surface area contributed by atoms with Gasteiger partial charge in [-0.1, -0.05) is 0 Å². The van der Waals surface area contributed by atoms with Gasteiger partial charge < -0.3 is 5.73 Å². The molecule has 0 amide bonds. The quantitative estimate of drug-likeness (QED) is 0.825. The van der Waals surface area contributed by atoms with Crippen LogP contribution < -0.4 is 5.73 Å². The third-order valence-electron chi connectivity index (χ3n) is 2.68. The Labute approximate surface area is 96.4 Å². The zero-order chi connectivity index (χ0) is 11.1. The predicted octanol–water partition coefficient (Wildman–Crippen LogP) is 2.34. The van der Waals surface area contributed by atoms with Crippen molar-refractivity contribution in [1.82, 2.24) is 9.78 Å². The van der Waals surface area contributed by atoms with Crippen molar-refractivity contribution in [2.24, 2.45) is 0 Å². The lowest BCUT2D eigenvalue weighted by molar-refractivity contribution is 0.627. The fourth-order valence-electron chi connectivity index (χ4n) is 1.86. The maximum absolute atomic E-state index is 12.8. The Morgan fingerprint density at radius 1 is 1.25 bits per heavy atom. The molecule has 1 aromatic carbocycles. The summed E-state index contributed by atoms with van der Waals surface area (Å²) in [4.78, 5) is 0. The molecular formula is C11H10FN3S. The van der Waals surface area contributed by atoms with E-state index in [1.807, 2.05) is 16.4 Å². The molecule has 1 aliphatic rings. The number of hydrogen-bond acceptors (Lipinski definition) is 3. The number of nitrogens with zero attached hydrogens (tertiary/aromatic N) is 2. The number of benzene rings is 1. The monoisotopic (exact) mass is 235 g/mol. The van der Waals surface area contributed by atoms with Crippen LogP contribution in [-0.4, -0.2) is 9.78 Å². The molecule has 5 heteroatoms. The highest BCUT2D eigenvalue weighted by Gasteiger charge is 2.21.